The van der Waals surface area contributed by atoms with Gasteiger partial charge in [-0.15, -0.1) is 0 Å². The molecule has 0 spiro atoms. The van der Waals surface area contributed by atoms with Gasteiger partial charge in [0.15, 0.2) is 5.69 Å². The topological polar surface area (TPSA) is 78.1 Å². The van der Waals surface area contributed by atoms with Crippen molar-refractivity contribution in [3.05, 3.63) is 48.4 Å². The van der Waals surface area contributed by atoms with E-state index in [1.807, 2.05) is 6.07 Å². The standard InChI is InChI=1S/C11H9N3O2/c12-10-7-13-6-9(14-10)11(15)16-8-4-2-1-3-5-8/h1-7H,(H2,12,14). The van der Waals surface area contributed by atoms with Crippen LogP contribution in [0.25, 0.3) is 0 Å². The highest BCUT2D eigenvalue weighted by atomic mass is 16.5. The molecule has 0 saturated heterocycles. The van der Waals surface area contributed by atoms with E-state index >= 15 is 0 Å². The lowest BCUT2D eigenvalue weighted by molar-refractivity contribution is 0.0728. The minimum Gasteiger partial charge on any atom is -0.422 e. The molecule has 5 nitrogen and oxygen atoms in total. The van der Waals surface area contributed by atoms with Gasteiger partial charge in [0, 0.05) is 0 Å². The van der Waals surface area contributed by atoms with E-state index in [2.05, 4.69) is 9.97 Å². The van der Waals surface area contributed by atoms with Gasteiger partial charge in [-0.2, -0.15) is 0 Å². The molecule has 80 valence electrons. The van der Waals surface area contributed by atoms with Crippen molar-refractivity contribution in [3.8, 4) is 5.75 Å². The molecule has 0 atom stereocenters. The summed E-state index contributed by atoms with van der Waals surface area (Å²) in [6, 6.07) is 8.73. The number of anilines is 1. The van der Waals surface area contributed by atoms with Crippen molar-refractivity contribution in [2.45, 2.75) is 0 Å². The molecule has 0 aliphatic heterocycles. The van der Waals surface area contributed by atoms with E-state index < -0.39 is 5.97 Å². The molecule has 2 aromatic rings. The number of nitrogen functional groups attached to an aromatic ring is 1. The molecular formula is C11H9N3O2. The number of para-hydroxylation sites is 1. The van der Waals surface area contributed by atoms with Crippen LogP contribution in [0, 0.1) is 0 Å². The number of hydrogen-bond acceptors (Lipinski definition) is 5. The van der Waals surface area contributed by atoms with Gasteiger partial charge in [-0.3, -0.25) is 4.98 Å². The number of nitrogens with zero attached hydrogens (tertiary/aromatic N) is 2. The molecule has 1 aromatic heterocycles. The van der Waals surface area contributed by atoms with Crippen LogP contribution in [0.4, 0.5) is 5.82 Å². The molecule has 2 N–H and O–H groups in total. The summed E-state index contributed by atoms with van der Waals surface area (Å²) in [5.74, 6) is 0.0604. The maximum absolute atomic E-state index is 11.6. The number of hydrogen-bond donors (Lipinski definition) is 1. The summed E-state index contributed by atoms with van der Waals surface area (Å²) in [5.41, 5.74) is 5.50. The van der Waals surface area contributed by atoms with E-state index in [9.17, 15) is 4.79 Å². The number of aromatic nitrogens is 2. The van der Waals surface area contributed by atoms with Crippen LogP contribution in [-0.4, -0.2) is 15.9 Å². The predicted molar refractivity (Wildman–Crippen MR) is 57.8 cm³/mol. The summed E-state index contributed by atoms with van der Waals surface area (Å²) in [5, 5.41) is 0. The average Bonchev–Trinajstić information content (AvgIpc) is 2.30. The van der Waals surface area contributed by atoms with Crippen LogP contribution >= 0.6 is 0 Å². The van der Waals surface area contributed by atoms with Gasteiger partial charge in [-0.05, 0) is 12.1 Å². The Bertz CT molecular complexity index is 500. The highest BCUT2D eigenvalue weighted by Crippen LogP contribution is 2.10. The Morgan fingerprint density at radius 1 is 1.19 bits per heavy atom. The Kier molecular flexibility index (Phi) is 2.77. The molecule has 0 radical (unpaired) electrons. The van der Waals surface area contributed by atoms with Crippen molar-refractivity contribution in [1.82, 2.24) is 9.97 Å². The quantitative estimate of drug-likeness (QED) is 0.603. The highest BCUT2D eigenvalue weighted by Gasteiger charge is 2.10. The van der Waals surface area contributed by atoms with E-state index in [1.54, 1.807) is 24.3 Å². The first-order chi connectivity index (χ1) is 7.75. The van der Waals surface area contributed by atoms with Gasteiger partial charge < -0.3 is 10.5 Å². The molecule has 0 aliphatic rings. The molecule has 5 heteroatoms. The number of esters is 1. The number of ether oxygens (including phenoxy) is 1. The maximum Gasteiger partial charge on any atom is 0.364 e. The van der Waals surface area contributed by atoms with Gasteiger partial charge in [0.2, 0.25) is 0 Å². The van der Waals surface area contributed by atoms with Crippen molar-refractivity contribution in [2.75, 3.05) is 5.73 Å². The summed E-state index contributed by atoms with van der Waals surface area (Å²) >= 11 is 0. The second-order valence-corrected chi connectivity index (χ2v) is 3.03. The van der Waals surface area contributed by atoms with E-state index in [-0.39, 0.29) is 11.5 Å². The molecule has 0 bridgehead atoms. The summed E-state index contributed by atoms with van der Waals surface area (Å²) in [6.07, 6.45) is 2.67. The highest BCUT2D eigenvalue weighted by molar-refractivity contribution is 5.88. The minimum absolute atomic E-state index is 0.0869. The Morgan fingerprint density at radius 3 is 2.62 bits per heavy atom. The van der Waals surface area contributed by atoms with Crippen LogP contribution in [0.5, 0.6) is 5.75 Å². The average molecular weight is 215 g/mol. The second kappa shape index (κ2) is 4.39. The van der Waals surface area contributed by atoms with Crippen LogP contribution in [0.3, 0.4) is 0 Å². The van der Waals surface area contributed by atoms with E-state index in [4.69, 9.17) is 10.5 Å². The van der Waals surface area contributed by atoms with E-state index in [0.717, 1.165) is 0 Å². The maximum atomic E-state index is 11.6. The van der Waals surface area contributed by atoms with Gasteiger partial charge in [0.1, 0.15) is 11.6 Å². The van der Waals surface area contributed by atoms with Crippen molar-refractivity contribution < 1.29 is 9.53 Å². The fourth-order valence-electron chi connectivity index (χ4n) is 1.13. The van der Waals surface area contributed by atoms with Crippen LogP contribution in [-0.2, 0) is 0 Å². The van der Waals surface area contributed by atoms with Crippen molar-refractivity contribution in [1.29, 1.82) is 0 Å². The number of carbonyl (C=O) groups excluding carboxylic acids is 1. The summed E-state index contributed by atoms with van der Waals surface area (Å²) < 4.78 is 5.06. The van der Waals surface area contributed by atoms with Crippen molar-refractivity contribution in [3.63, 3.8) is 0 Å². The number of rotatable bonds is 2. The number of benzene rings is 1. The lowest BCUT2D eigenvalue weighted by Crippen LogP contribution is -2.11. The van der Waals surface area contributed by atoms with Crippen molar-refractivity contribution >= 4 is 11.8 Å². The van der Waals surface area contributed by atoms with E-state index in [0.29, 0.717) is 5.75 Å². The first-order valence-corrected chi connectivity index (χ1v) is 4.60. The lowest BCUT2D eigenvalue weighted by Gasteiger charge is -2.02. The van der Waals surface area contributed by atoms with Crippen LogP contribution in [0.2, 0.25) is 0 Å². The second-order valence-electron chi connectivity index (χ2n) is 3.03. The zero-order valence-corrected chi connectivity index (χ0v) is 8.33. The van der Waals surface area contributed by atoms with Crippen molar-refractivity contribution in [2.24, 2.45) is 0 Å². The predicted octanol–water partition coefficient (Wildman–Crippen LogP) is 1.28. The van der Waals surface area contributed by atoms with Gasteiger partial charge in [-0.25, -0.2) is 9.78 Å². The van der Waals surface area contributed by atoms with Gasteiger partial charge in [-0.1, -0.05) is 18.2 Å². The Hall–Kier alpha value is -2.43. The van der Waals surface area contributed by atoms with Gasteiger partial charge >= 0.3 is 5.97 Å². The summed E-state index contributed by atoms with van der Waals surface area (Å²) in [4.78, 5) is 19.2. The molecule has 16 heavy (non-hydrogen) atoms. The Balaban J connectivity index is 2.15. The van der Waals surface area contributed by atoms with Crippen LogP contribution in [0.1, 0.15) is 10.5 Å². The third-order valence-corrected chi connectivity index (χ3v) is 1.82. The molecule has 2 rings (SSSR count). The Labute approximate surface area is 91.9 Å². The smallest absolute Gasteiger partial charge is 0.364 e. The first kappa shape index (κ1) is 10.1. The SMILES string of the molecule is Nc1cncc(C(=O)Oc2ccccc2)n1. The van der Waals surface area contributed by atoms with Gasteiger partial charge in [0.25, 0.3) is 0 Å². The summed E-state index contributed by atoms with van der Waals surface area (Å²) in [6.45, 7) is 0. The molecule has 0 fully saturated rings. The Morgan fingerprint density at radius 2 is 1.94 bits per heavy atom. The third-order valence-electron chi connectivity index (χ3n) is 1.82. The molecular weight excluding hydrogens is 206 g/mol. The molecule has 0 saturated carbocycles. The monoisotopic (exact) mass is 215 g/mol. The van der Waals surface area contributed by atoms with E-state index in [1.165, 1.54) is 12.4 Å². The molecule has 0 aliphatic carbocycles. The van der Waals surface area contributed by atoms with Crippen LogP contribution in [0.15, 0.2) is 42.7 Å². The molecule has 1 heterocycles. The zero-order chi connectivity index (χ0) is 11.4. The number of nitrogens with two attached hydrogens (primary N) is 1. The zero-order valence-electron chi connectivity index (χ0n) is 8.33. The third kappa shape index (κ3) is 2.33. The minimum atomic E-state index is -0.578. The largest absolute Gasteiger partial charge is 0.422 e. The first-order valence-electron chi connectivity index (χ1n) is 4.60. The number of carbonyl (C=O) groups is 1. The van der Waals surface area contributed by atoms with Crippen LogP contribution < -0.4 is 10.5 Å². The molecule has 1 aromatic carbocycles. The normalized spacial score (nSPS) is 9.75. The summed E-state index contributed by atoms with van der Waals surface area (Å²) in [7, 11) is 0. The fourth-order valence-corrected chi connectivity index (χ4v) is 1.13. The molecule has 0 amide bonds. The molecule has 0 unspecified atom stereocenters. The van der Waals surface area contributed by atoms with Gasteiger partial charge in [0.05, 0.1) is 12.4 Å². The lowest BCUT2D eigenvalue weighted by atomic mass is 10.3. The fraction of sp³-hybridized carbons (Fsp3) is 0.